The van der Waals surface area contributed by atoms with Crippen molar-refractivity contribution in [1.82, 2.24) is 19.5 Å². The standard InChI is InChI=1S/C12H15BrN4/c1-16-6-4-9(5-7-16)10-2-3-12-14-8-11(13)17(12)15-10/h2-3,8-9H,4-7H2,1H3. The summed E-state index contributed by atoms with van der Waals surface area (Å²) < 4.78 is 2.79. The first kappa shape index (κ1) is 11.2. The Hall–Kier alpha value is -0.940. The molecule has 0 bridgehead atoms. The second-order valence-corrected chi connectivity index (χ2v) is 5.50. The van der Waals surface area contributed by atoms with E-state index in [1.165, 1.54) is 18.5 Å². The number of halogens is 1. The van der Waals surface area contributed by atoms with Gasteiger partial charge in [0.25, 0.3) is 0 Å². The maximum Gasteiger partial charge on any atom is 0.154 e. The van der Waals surface area contributed by atoms with Gasteiger partial charge in [-0.2, -0.15) is 5.10 Å². The van der Waals surface area contributed by atoms with Crippen LogP contribution in [0.1, 0.15) is 24.5 Å². The summed E-state index contributed by atoms with van der Waals surface area (Å²) in [4.78, 5) is 6.64. The van der Waals surface area contributed by atoms with Gasteiger partial charge in [-0.3, -0.25) is 0 Å². The van der Waals surface area contributed by atoms with E-state index in [-0.39, 0.29) is 0 Å². The van der Waals surface area contributed by atoms with Crippen LogP contribution in [-0.2, 0) is 0 Å². The van der Waals surface area contributed by atoms with Crippen molar-refractivity contribution in [3.63, 3.8) is 0 Å². The lowest BCUT2D eigenvalue weighted by molar-refractivity contribution is 0.252. The molecule has 0 saturated carbocycles. The molecule has 3 heterocycles. The van der Waals surface area contributed by atoms with Crippen molar-refractivity contribution in [3.8, 4) is 0 Å². The van der Waals surface area contributed by atoms with E-state index in [1.807, 2.05) is 10.6 Å². The van der Waals surface area contributed by atoms with E-state index in [2.05, 4.69) is 44.0 Å². The van der Waals surface area contributed by atoms with Gasteiger partial charge in [-0.25, -0.2) is 9.50 Å². The Balaban J connectivity index is 1.92. The molecule has 0 aliphatic carbocycles. The summed E-state index contributed by atoms with van der Waals surface area (Å²) in [5, 5.41) is 4.67. The fraction of sp³-hybridized carbons (Fsp3) is 0.500. The third-order valence-electron chi connectivity index (χ3n) is 3.48. The molecular formula is C12H15BrN4. The summed E-state index contributed by atoms with van der Waals surface area (Å²) in [6, 6.07) is 4.16. The Bertz CT molecular complexity index is 528. The number of likely N-dealkylation sites (tertiary alicyclic amines) is 1. The molecule has 1 aliphatic rings. The molecule has 0 atom stereocenters. The van der Waals surface area contributed by atoms with Gasteiger partial charge in [-0.15, -0.1) is 0 Å². The number of piperidine rings is 1. The van der Waals surface area contributed by atoms with Crippen molar-refractivity contribution in [2.75, 3.05) is 20.1 Å². The number of nitrogens with zero attached hydrogens (tertiary/aromatic N) is 4. The maximum atomic E-state index is 4.67. The highest BCUT2D eigenvalue weighted by Crippen LogP contribution is 2.26. The summed E-state index contributed by atoms with van der Waals surface area (Å²) in [5.74, 6) is 0.588. The second-order valence-electron chi connectivity index (χ2n) is 4.69. The summed E-state index contributed by atoms with van der Waals surface area (Å²) in [6.07, 6.45) is 4.18. The number of aromatic nitrogens is 3. The van der Waals surface area contributed by atoms with Crippen molar-refractivity contribution in [1.29, 1.82) is 0 Å². The van der Waals surface area contributed by atoms with Gasteiger partial charge in [-0.05, 0) is 61.0 Å². The Morgan fingerprint density at radius 1 is 1.29 bits per heavy atom. The third-order valence-corrected chi connectivity index (χ3v) is 4.02. The van der Waals surface area contributed by atoms with E-state index >= 15 is 0 Å². The zero-order valence-electron chi connectivity index (χ0n) is 9.80. The van der Waals surface area contributed by atoms with Gasteiger partial charge in [0.05, 0.1) is 11.9 Å². The molecule has 1 saturated heterocycles. The first-order chi connectivity index (χ1) is 8.24. The first-order valence-corrected chi connectivity index (χ1v) is 6.72. The minimum Gasteiger partial charge on any atom is -0.306 e. The van der Waals surface area contributed by atoms with E-state index in [4.69, 9.17) is 0 Å². The van der Waals surface area contributed by atoms with Crippen molar-refractivity contribution in [2.24, 2.45) is 0 Å². The van der Waals surface area contributed by atoms with Crippen LogP contribution in [0.3, 0.4) is 0 Å². The van der Waals surface area contributed by atoms with Crippen LogP contribution in [0.25, 0.3) is 5.65 Å². The molecule has 2 aromatic rings. The lowest BCUT2D eigenvalue weighted by Crippen LogP contribution is -2.29. The van der Waals surface area contributed by atoms with E-state index in [0.29, 0.717) is 5.92 Å². The van der Waals surface area contributed by atoms with Gasteiger partial charge in [0.1, 0.15) is 4.60 Å². The monoisotopic (exact) mass is 294 g/mol. The molecule has 2 aromatic heterocycles. The molecule has 17 heavy (non-hydrogen) atoms. The average molecular weight is 295 g/mol. The van der Waals surface area contributed by atoms with E-state index in [9.17, 15) is 0 Å². The molecule has 0 aromatic carbocycles. The lowest BCUT2D eigenvalue weighted by Gasteiger charge is -2.28. The highest BCUT2D eigenvalue weighted by atomic mass is 79.9. The smallest absolute Gasteiger partial charge is 0.154 e. The summed E-state index contributed by atoms with van der Waals surface area (Å²) in [5.41, 5.74) is 2.08. The molecule has 0 radical (unpaired) electrons. The Morgan fingerprint density at radius 3 is 2.82 bits per heavy atom. The zero-order valence-corrected chi connectivity index (χ0v) is 11.4. The predicted molar refractivity (Wildman–Crippen MR) is 70.2 cm³/mol. The molecular weight excluding hydrogens is 280 g/mol. The molecule has 90 valence electrons. The SMILES string of the molecule is CN1CCC(c2ccc3ncc(Br)n3n2)CC1. The largest absolute Gasteiger partial charge is 0.306 e. The fourth-order valence-corrected chi connectivity index (χ4v) is 2.74. The van der Waals surface area contributed by atoms with Gasteiger partial charge >= 0.3 is 0 Å². The minimum absolute atomic E-state index is 0.588. The molecule has 5 heteroatoms. The molecule has 4 nitrogen and oxygen atoms in total. The van der Waals surface area contributed by atoms with Crippen LogP contribution in [0, 0.1) is 0 Å². The Kier molecular flexibility index (Phi) is 2.88. The molecule has 0 N–H and O–H groups in total. The zero-order chi connectivity index (χ0) is 11.8. The van der Waals surface area contributed by atoms with Crippen molar-refractivity contribution >= 4 is 21.6 Å². The number of hydrogen-bond donors (Lipinski definition) is 0. The van der Waals surface area contributed by atoms with Gasteiger partial charge < -0.3 is 4.90 Å². The van der Waals surface area contributed by atoms with Crippen molar-refractivity contribution < 1.29 is 0 Å². The minimum atomic E-state index is 0.588. The highest BCUT2D eigenvalue weighted by molar-refractivity contribution is 9.10. The van der Waals surface area contributed by atoms with Crippen molar-refractivity contribution in [3.05, 3.63) is 28.6 Å². The molecule has 1 fully saturated rings. The van der Waals surface area contributed by atoms with Crippen LogP contribution < -0.4 is 0 Å². The van der Waals surface area contributed by atoms with Crippen LogP contribution in [-0.4, -0.2) is 39.6 Å². The molecule has 0 unspecified atom stereocenters. The Labute approximate surface area is 109 Å². The van der Waals surface area contributed by atoms with Gasteiger partial charge in [-0.1, -0.05) is 0 Å². The van der Waals surface area contributed by atoms with Crippen molar-refractivity contribution in [2.45, 2.75) is 18.8 Å². The molecule has 1 aliphatic heterocycles. The van der Waals surface area contributed by atoms with Crippen LogP contribution in [0.5, 0.6) is 0 Å². The van der Waals surface area contributed by atoms with Gasteiger partial charge in [0.2, 0.25) is 0 Å². The lowest BCUT2D eigenvalue weighted by atomic mass is 9.94. The normalized spacial score (nSPS) is 18.9. The van der Waals surface area contributed by atoms with E-state index in [1.54, 1.807) is 6.20 Å². The molecule has 3 rings (SSSR count). The van der Waals surface area contributed by atoms with Crippen LogP contribution >= 0.6 is 15.9 Å². The topological polar surface area (TPSA) is 33.4 Å². The number of imidazole rings is 1. The number of fused-ring (bicyclic) bond motifs is 1. The van der Waals surface area contributed by atoms with Crippen LogP contribution in [0.4, 0.5) is 0 Å². The summed E-state index contributed by atoms with van der Waals surface area (Å²) in [6.45, 7) is 2.32. The highest BCUT2D eigenvalue weighted by Gasteiger charge is 2.20. The third kappa shape index (κ3) is 2.09. The predicted octanol–water partition coefficient (Wildman–Crippen LogP) is 2.30. The summed E-state index contributed by atoms with van der Waals surface area (Å²) in [7, 11) is 2.18. The second kappa shape index (κ2) is 4.38. The quantitative estimate of drug-likeness (QED) is 0.809. The summed E-state index contributed by atoms with van der Waals surface area (Å²) >= 11 is 3.46. The Morgan fingerprint density at radius 2 is 2.06 bits per heavy atom. The van der Waals surface area contributed by atoms with Gasteiger partial charge in [0, 0.05) is 5.92 Å². The maximum absolute atomic E-state index is 4.67. The van der Waals surface area contributed by atoms with Gasteiger partial charge in [0.15, 0.2) is 5.65 Å². The van der Waals surface area contributed by atoms with Crippen LogP contribution in [0.2, 0.25) is 0 Å². The van der Waals surface area contributed by atoms with Crippen LogP contribution in [0.15, 0.2) is 22.9 Å². The molecule has 0 spiro atoms. The first-order valence-electron chi connectivity index (χ1n) is 5.93. The number of hydrogen-bond acceptors (Lipinski definition) is 3. The van der Waals surface area contributed by atoms with E-state index < -0.39 is 0 Å². The fourth-order valence-electron chi connectivity index (χ4n) is 2.38. The molecule has 0 amide bonds. The average Bonchev–Trinajstić information content (AvgIpc) is 2.72. The number of rotatable bonds is 1. The van der Waals surface area contributed by atoms with E-state index in [0.717, 1.165) is 23.3 Å².